The first-order valence-electron chi connectivity index (χ1n) is 5.77. The second-order valence-electron chi connectivity index (χ2n) is 3.55. The molecule has 0 fully saturated rings. The van der Waals surface area contributed by atoms with Crippen LogP contribution in [0.4, 0.5) is 10.1 Å². The fraction of sp³-hybridized carbons (Fsp3) is 0.417. The van der Waals surface area contributed by atoms with Gasteiger partial charge in [-0.3, -0.25) is 10.4 Å². The van der Waals surface area contributed by atoms with Crippen LogP contribution in [0.15, 0.2) is 29.3 Å². The van der Waals surface area contributed by atoms with Gasteiger partial charge in [0, 0.05) is 13.1 Å². The van der Waals surface area contributed by atoms with Gasteiger partial charge in [0.15, 0.2) is 0 Å². The molecule has 4 nitrogen and oxygen atoms in total. The van der Waals surface area contributed by atoms with E-state index in [-0.39, 0.29) is 5.82 Å². The van der Waals surface area contributed by atoms with Crippen LogP contribution < -0.4 is 16.2 Å². The highest BCUT2D eigenvalue weighted by Gasteiger charge is 2.13. The molecule has 1 aromatic rings. The third-order valence-corrected chi connectivity index (χ3v) is 2.33. The molecule has 0 unspecified atom stereocenters. The molecule has 0 bridgehead atoms. The average molecular weight is 238 g/mol. The third kappa shape index (κ3) is 3.42. The van der Waals surface area contributed by atoms with Gasteiger partial charge < -0.3 is 4.90 Å². The predicted molar refractivity (Wildman–Crippen MR) is 69.3 cm³/mol. The number of benzene rings is 1. The number of anilines is 1. The topological polar surface area (TPSA) is 53.6 Å². The predicted octanol–water partition coefficient (Wildman–Crippen LogP) is 1.88. The van der Waals surface area contributed by atoms with Crippen LogP contribution in [0.1, 0.15) is 20.3 Å². The van der Waals surface area contributed by atoms with E-state index in [4.69, 9.17) is 5.84 Å². The molecular weight excluding hydrogens is 219 g/mol. The molecule has 3 N–H and O–H groups in total. The lowest BCUT2D eigenvalue weighted by atomic mass is 10.3. The third-order valence-electron chi connectivity index (χ3n) is 2.33. The zero-order chi connectivity index (χ0) is 12.7. The minimum Gasteiger partial charge on any atom is -0.309 e. The van der Waals surface area contributed by atoms with Gasteiger partial charge in [-0.25, -0.2) is 10.2 Å². The summed E-state index contributed by atoms with van der Waals surface area (Å²) in [6, 6.07) is 6.57. The molecule has 0 amide bonds. The van der Waals surface area contributed by atoms with Gasteiger partial charge in [0.1, 0.15) is 5.82 Å². The molecule has 0 spiro atoms. The number of halogens is 1. The van der Waals surface area contributed by atoms with E-state index in [1.54, 1.807) is 23.1 Å². The molecule has 1 aromatic carbocycles. The minimum absolute atomic E-state index is 0.284. The van der Waals surface area contributed by atoms with Gasteiger partial charge in [-0.2, -0.15) is 0 Å². The van der Waals surface area contributed by atoms with Crippen LogP contribution in [0, 0.1) is 5.82 Å². The number of nitrogens with zero attached hydrogens (tertiary/aromatic N) is 2. The van der Waals surface area contributed by atoms with Crippen LogP contribution in [0.3, 0.4) is 0 Å². The summed E-state index contributed by atoms with van der Waals surface area (Å²) in [4.78, 5) is 6.00. The second-order valence-corrected chi connectivity index (χ2v) is 3.55. The van der Waals surface area contributed by atoms with Crippen molar-refractivity contribution in [3.05, 3.63) is 30.1 Å². The normalized spacial score (nSPS) is 11.4. The van der Waals surface area contributed by atoms with Crippen molar-refractivity contribution in [2.45, 2.75) is 20.3 Å². The number of nitrogens with one attached hydrogen (secondary N) is 1. The molecule has 0 saturated carbocycles. The maximum Gasteiger partial charge on any atom is 0.213 e. The number of nitrogens with two attached hydrogens (primary N) is 1. The molecule has 0 heterocycles. The molecule has 1 rings (SSSR count). The number of guanidine groups is 1. The summed E-state index contributed by atoms with van der Waals surface area (Å²) in [6.45, 7) is 5.19. The molecule has 0 aliphatic rings. The van der Waals surface area contributed by atoms with Crippen molar-refractivity contribution in [1.82, 2.24) is 5.43 Å². The van der Waals surface area contributed by atoms with Crippen molar-refractivity contribution in [1.29, 1.82) is 0 Å². The van der Waals surface area contributed by atoms with E-state index < -0.39 is 0 Å². The zero-order valence-electron chi connectivity index (χ0n) is 10.3. The Morgan fingerprint density at radius 1 is 1.41 bits per heavy atom. The maximum atomic E-state index is 13.7. The van der Waals surface area contributed by atoms with Crippen molar-refractivity contribution >= 4 is 11.6 Å². The van der Waals surface area contributed by atoms with Gasteiger partial charge in [-0.05, 0) is 25.5 Å². The van der Waals surface area contributed by atoms with Crippen molar-refractivity contribution in [2.75, 3.05) is 18.0 Å². The molecule has 17 heavy (non-hydrogen) atoms. The van der Waals surface area contributed by atoms with E-state index in [1.807, 2.05) is 13.8 Å². The highest BCUT2D eigenvalue weighted by molar-refractivity contribution is 5.95. The first-order valence-corrected chi connectivity index (χ1v) is 5.77. The van der Waals surface area contributed by atoms with Crippen LogP contribution in [0.2, 0.25) is 0 Å². The lowest BCUT2D eigenvalue weighted by Gasteiger charge is -2.24. The molecule has 0 aliphatic heterocycles. The Balaban J connectivity index is 3.01. The number of hydrogen-bond donors (Lipinski definition) is 2. The smallest absolute Gasteiger partial charge is 0.213 e. The molecule has 94 valence electrons. The zero-order valence-corrected chi connectivity index (χ0v) is 10.3. The monoisotopic (exact) mass is 238 g/mol. The van der Waals surface area contributed by atoms with Crippen LogP contribution in [0.25, 0.3) is 0 Å². The molecule has 0 atom stereocenters. The quantitative estimate of drug-likeness (QED) is 0.364. The Morgan fingerprint density at radius 2 is 2.12 bits per heavy atom. The van der Waals surface area contributed by atoms with Gasteiger partial charge >= 0.3 is 0 Å². The van der Waals surface area contributed by atoms with E-state index in [1.165, 1.54) is 6.07 Å². The summed E-state index contributed by atoms with van der Waals surface area (Å²) < 4.78 is 13.7. The van der Waals surface area contributed by atoms with Crippen LogP contribution in [-0.4, -0.2) is 19.0 Å². The average Bonchev–Trinajstić information content (AvgIpc) is 2.36. The highest BCUT2D eigenvalue weighted by atomic mass is 19.1. The van der Waals surface area contributed by atoms with Gasteiger partial charge in [0.25, 0.3) is 0 Å². The van der Waals surface area contributed by atoms with E-state index in [0.29, 0.717) is 24.7 Å². The summed E-state index contributed by atoms with van der Waals surface area (Å²) >= 11 is 0. The second kappa shape index (κ2) is 6.85. The number of rotatable bonds is 4. The van der Waals surface area contributed by atoms with Crippen molar-refractivity contribution in [2.24, 2.45) is 10.8 Å². The Hall–Kier alpha value is -1.62. The fourth-order valence-electron chi connectivity index (χ4n) is 1.53. The van der Waals surface area contributed by atoms with E-state index in [2.05, 4.69) is 10.4 Å². The molecular formula is C12H19FN4. The SMILES string of the molecule is CCCN=C(NN)N(CC)c1ccccc1F. The van der Waals surface area contributed by atoms with Gasteiger partial charge in [0.2, 0.25) is 5.96 Å². The standard InChI is InChI=1S/C12H19FN4/c1-3-9-15-12(16-14)17(4-2)11-8-6-5-7-10(11)13/h5-8H,3-4,9,14H2,1-2H3,(H,15,16). The molecule has 0 radical (unpaired) electrons. The summed E-state index contributed by atoms with van der Waals surface area (Å²) in [5.74, 6) is 5.63. The Labute approximate surface area is 101 Å². The van der Waals surface area contributed by atoms with Crippen LogP contribution >= 0.6 is 0 Å². The lowest BCUT2D eigenvalue weighted by Crippen LogP contribution is -2.45. The van der Waals surface area contributed by atoms with E-state index in [0.717, 1.165) is 6.42 Å². The first kappa shape index (κ1) is 13.4. The Kier molecular flexibility index (Phi) is 5.42. The molecule has 5 heteroatoms. The van der Waals surface area contributed by atoms with Gasteiger partial charge in [-0.1, -0.05) is 19.1 Å². The molecule has 0 aromatic heterocycles. The van der Waals surface area contributed by atoms with Gasteiger partial charge in [0.05, 0.1) is 5.69 Å². The van der Waals surface area contributed by atoms with Crippen molar-refractivity contribution in [3.8, 4) is 0 Å². The minimum atomic E-state index is -0.284. The van der Waals surface area contributed by atoms with E-state index >= 15 is 0 Å². The summed E-state index contributed by atoms with van der Waals surface area (Å²) in [7, 11) is 0. The lowest BCUT2D eigenvalue weighted by molar-refractivity contribution is 0.625. The number of para-hydroxylation sites is 1. The van der Waals surface area contributed by atoms with Crippen LogP contribution in [0.5, 0.6) is 0 Å². The number of aliphatic imine (C=N–C) groups is 1. The largest absolute Gasteiger partial charge is 0.309 e. The summed E-state index contributed by atoms with van der Waals surface area (Å²) in [5.41, 5.74) is 3.00. The fourth-order valence-corrected chi connectivity index (χ4v) is 1.53. The highest BCUT2D eigenvalue weighted by Crippen LogP contribution is 2.18. The maximum absolute atomic E-state index is 13.7. The number of hydrazine groups is 1. The van der Waals surface area contributed by atoms with Crippen molar-refractivity contribution in [3.63, 3.8) is 0 Å². The van der Waals surface area contributed by atoms with E-state index in [9.17, 15) is 4.39 Å². The Morgan fingerprint density at radius 3 is 2.65 bits per heavy atom. The first-order chi connectivity index (χ1) is 8.24. The summed E-state index contributed by atoms with van der Waals surface area (Å²) in [5, 5.41) is 0. The number of hydrogen-bond acceptors (Lipinski definition) is 2. The summed E-state index contributed by atoms with van der Waals surface area (Å²) in [6.07, 6.45) is 0.917. The van der Waals surface area contributed by atoms with Crippen molar-refractivity contribution < 1.29 is 4.39 Å². The molecule has 0 saturated heterocycles. The van der Waals surface area contributed by atoms with Gasteiger partial charge in [-0.15, -0.1) is 0 Å². The van der Waals surface area contributed by atoms with Crippen LogP contribution in [-0.2, 0) is 0 Å². The Bertz CT molecular complexity index is 379. The molecule has 0 aliphatic carbocycles.